The first kappa shape index (κ1) is 14.3. The first-order chi connectivity index (χ1) is 9.13. The fourth-order valence-corrected chi connectivity index (χ4v) is 3.24. The van der Waals surface area contributed by atoms with Gasteiger partial charge in [0, 0.05) is 18.8 Å². The molecule has 0 radical (unpaired) electrons. The fraction of sp³-hybridized carbons (Fsp3) is 0.357. The van der Waals surface area contributed by atoms with E-state index in [4.69, 9.17) is 0 Å². The number of rotatable bonds is 4. The standard InChI is InChI=1S/C14H18N2OS2/c1-3-16(4-2)11-7-5-10(6-8-11)9-12-13(17)15-14(18)19-12/h5-9,14,18H,3-4H2,1-2H3,(H,15,17)/b12-9-. The number of nitrogens with zero attached hydrogens (tertiary/aromatic N) is 1. The highest BCUT2D eigenvalue weighted by molar-refractivity contribution is 8.14. The first-order valence-electron chi connectivity index (χ1n) is 6.36. The third-order valence-electron chi connectivity index (χ3n) is 3.04. The fourth-order valence-electron chi connectivity index (χ4n) is 2.01. The van der Waals surface area contributed by atoms with Crippen molar-refractivity contribution in [2.24, 2.45) is 0 Å². The van der Waals surface area contributed by atoms with E-state index in [1.165, 1.54) is 17.4 Å². The molecule has 1 fully saturated rings. The number of hydrogen-bond acceptors (Lipinski definition) is 4. The van der Waals surface area contributed by atoms with Crippen LogP contribution < -0.4 is 10.2 Å². The highest BCUT2D eigenvalue weighted by Gasteiger charge is 2.23. The molecule has 1 aliphatic rings. The maximum absolute atomic E-state index is 11.6. The van der Waals surface area contributed by atoms with Gasteiger partial charge >= 0.3 is 0 Å². The second-order valence-electron chi connectivity index (χ2n) is 4.22. The molecule has 0 spiro atoms. The highest BCUT2D eigenvalue weighted by atomic mass is 32.2. The van der Waals surface area contributed by atoms with Gasteiger partial charge in [0.1, 0.15) is 4.71 Å². The Morgan fingerprint density at radius 1 is 1.32 bits per heavy atom. The lowest BCUT2D eigenvalue weighted by Gasteiger charge is -2.20. The van der Waals surface area contributed by atoms with Gasteiger partial charge in [0.05, 0.1) is 4.91 Å². The number of nitrogens with one attached hydrogen (secondary N) is 1. The summed E-state index contributed by atoms with van der Waals surface area (Å²) >= 11 is 5.67. The van der Waals surface area contributed by atoms with E-state index in [0.29, 0.717) is 0 Å². The first-order valence-corrected chi connectivity index (χ1v) is 7.76. The van der Waals surface area contributed by atoms with Crippen LogP contribution in [0.25, 0.3) is 6.08 Å². The van der Waals surface area contributed by atoms with Gasteiger partial charge in [-0.15, -0.1) is 12.6 Å². The van der Waals surface area contributed by atoms with Crippen molar-refractivity contribution in [2.75, 3.05) is 18.0 Å². The quantitative estimate of drug-likeness (QED) is 0.661. The van der Waals surface area contributed by atoms with Gasteiger partial charge in [0.25, 0.3) is 5.91 Å². The van der Waals surface area contributed by atoms with Gasteiger partial charge in [-0.05, 0) is 37.6 Å². The van der Waals surface area contributed by atoms with Crippen LogP contribution in [0.1, 0.15) is 19.4 Å². The number of benzene rings is 1. The second kappa shape index (κ2) is 6.39. The van der Waals surface area contributed by atoms with Gasteiger partial charge in [-0.25, -0.2) is 0 Å². The number of thioether (sulfide) groups is 1. The average Bonchev–Trinajstić information content (AvgIpc) is 2.71. The van der Waals surface area contributed by atoms with E-state index in [0.717, 1.165) is 23.6 Å². The number of thiol groups is 1. The van der Waals surface area contributed by atoms with Crippen molar-refractivity contribution in [2.45, 2.75) is 18.6 Å². The zero-order chi connectivity index (χ0) is 13.8. The van der Waals surface area contributed by atoms with Gasteiger partial charge in [-0.2, -0.15) is 0 Å². The molecule has 2 rings (SSSR count). The topological polar surface area (TPSA) is 32.3 Å². The van der Waals surface area contributed by atoms with E-state index in [1.807, 2.05) is 18.2 Å². The van der Waals surface area contributed by atoms with E-state index in [1.54, 1.807) is 0 Å². The summed E-state index contributed by atoms with van der Waals surface area (Å²) in [5.41, 5.74) is 2.25. The Balaban J connectivity index is 2.15. The van der Waals surface area contributed by atoms with Crippen LogP contribution in [0.5, 0.6) is 0 Å². The van der Waals surface area contributed by atoms with Gasteiger partial charge in [0.2, 0.25) is 0 Å². The molecule has 0 saturated carbocycles. The Morgan fingerprint density at radius 2 is 1.95 bits per heavy atom. The predicted octanol–water partition coefficient (Wildman–Crippen LogP) is 2.95. The zero-order valence-electron chi connectivity index (χ0n) is 11.1. The third kappa shape index (κ3) is 3.48. The molecule has 1 aromatic carbocycles. The molecular formula is C14H18N2OS2. The van der Waals surface area contributed by atoms with Crippen molar-refractivity contribution < 1.29 is 4.79 Å². The van der Waals surface area contributed by atoms with E-state index >= 15 is 0 Å². The van der Waals surface area contributed by atoms with Gasteiger partial charge in [0.15, 0.2) is 0 Å². The summed E-state index contributed by atoms with van der Waals surface area (Å²) in [6.07, 6.45) is 1.90. The normalized spacial score (nSPS) is 20.7. The van der Waals surface area contributed by atoms with E-state index < -0.39 is 0 Å². The van der Waals surface area contributed by atoms with Crippen molar-refractivity contribution >= 4 is 42.1 Å². The van der Waals surface area contributed by atoms with Gasteiger partial charge < -0.3 is 10.2 Å². The van der Waals surface area contributed by atoms with Crippen LogP contribution in [0.2, 0.25) is 0 Å². The minimum Gasteiger partial charge on any atom is -0.372 e. The SMILES string of the molecule is CCN(CC)c1ccc(/C=C2\SC(S)NC2=O)cc1. The molecule has 0 aromatic heterocycles. The molecule has 1 amide bonds. The minimum absolute atomic E-state index is 0.0437. The molecule has 1 heterocycles. The largest absolute Gasteiger partial charge is 0.372 e. The van der Waals surface area contributed by atoms with Crippen molar-refractivity contribution in [1.29, 1.82) is 0 Å². The van der Waals surface area contributed by atoms with Crippen molar-refractivity contribution in [1.82, 2.24) is 5.32 Å². The van der Waals surface area contributed by atoms with Gasteiger partial charge in [-0.3, -0.25) is 4.79 Å². The highest BCUT2D eigenvalue weighted by Crippen LogP contribution is 2.31. The summed E-state index contributed by atoms with van der Waals surface area (Å²) in [5.74, 6) is -0.0437. The second-order valence-corrected chi connectivity index (χ2v) is 6.23. The number of carbonyl (C=O) groups excluding carboxylic acids is 1. The van der Waals surface area contributed by atoms with Crippen LogP contribution >= 0.6 is 24.4 Å². The molecule has 102 valence electrons. The molecule has 1 atom stereocenters. The van der Waals surface area contributed by atoms with E-state index in [2.05, 4.69) is 48.8 Å². The molecule has 0 bridgehead atoms. The Hall–Kier alpha value is -1.07. The summed E-state index contributed by atoms with van der Waals surface area (Å²) in [7, 11) is 0. The van der Waals surface area contributed by atoms with Crippen LogP contribution in [0, 0.1) is 0 Å². The minimum atomic E-state index is -0.131. The van der Waals surface area contributed by atoms with Crippen molar-refractivity contribution in [3.8, 4) is 0 Å². The molecule has 1 N–H and O–H groups in total. The Kier molecular flexibility index (Phi) is 4.82. The van der Waals surface area contributed by atoms with Crippen LogP contribution in [0.3, 0.4) is 0 Å². The maximum atomic E-state index is 11.6. The predicted molar refractivity (Wildman–Crippen MR) is 86.5 cm³/mol. The number of carbonyl (C=O) groups is 1. The van der Waals surface area contributed by atoms with Crippen molar-refractivity contribution in [3.05, 3.63) is 34.7 Å². The van der Waals surface area contributed by atoms with Crippen LogP contribution in [-0.4, -0.2) is 23.7 Å². The van der Waals surface area contributed by atoms with E-state index in [-0.39, 0.29) is 10.6 Å². The van der Waals surface area contributed by atoms with Crippen LogP contribution in [0.15, 0.2) is 29.2 Å². The summed E-state index contributed by atoms with van der Waals surface area (Å²) in [5, 5.41) is 2.75. The Morgan fingerprint density at radius 3 is 2.42 bits per heavy atom. The average molecular weight is 294 g/mol. The third-order valence-corrected chi connectivity index (χ3v) is 4.38. The lowest BCUT2D eigenvalue weighted by molar-refractivity contribution is -0.116. The maximum Gasteiger partial charge on any atom is 0.259 e. The molecule has 19 heavy (non-hydrogen) atoms. The van der Waals surface area contributed by atoms with Gasteiger partial charge in [-0.1, -0.05) is 23.9 Å². The van der Waals surface area contributed by atoms with Crippen LogP contribution in [-0.2, 0) is 4.79 Å². The van der Waals surface area contributed by atoms with Crippen LogP contribution in [0.4, 0.5) is 5.69 Å². The molecule has 5 heteroatoms. The lowest BCUT2D eigenvalue weighted by atomic mass is 10.2. The summed E-state index contributed by atoms with van der Waals surface area (Å²) in [4.78, 5) is 14.6. The molecule has 1 saturated heterocycles. The smallest absolute Gasteiger partial charge is 0.259 e. The molecule has 1 unspecified atom stereocenters. The number of anilines is 1. The molecule has 0 aliphatic carbocycles. The Labute approximate surface area is 123 Å². The Bertz CT molecular complexity index is 481. The molecule has 1 aliphatic heterocycles. The van der Waals surface area contributed by atoms with E-state index in [9.17, 15) is 4.79 Å². The lowest BCUT2D eigenvalue weighted by Crippen LogP contribution is -2.21. The summed E-state index contributed by atoms with van der Waals surface area (Å²) < 4.78 is -0.131. The number of amides is 1. The zero-order valence-corrected chi connectivity index (χ0v) is 12.8. The molecular weight excluding hydrogens is 276 g/mol. The monoisotopic (exact) mass is 294 g/mol. The summed E-state index contributed by atoms with van der Waals surface area (Å²) in [6, 6.07) is 8.27. The molecule has 3 nitrogen and oxygen atoms in total. The van der Waals surface area contributed by atoms with Crippen molar-refractivity contribution in [3.63, 3.8) is 0 Å². The summed E-state index contributed by atoms with van der Waals surface area (Å²) in [6.45, 7) is 6.28. The number of hydrogen-bond donors (Lipinski definition) is 2. The molecule has 1 aromatic rings.